The zero-order valence-corrected chi connectivity index (χ0v) is 11.5. The topological polar surface area (TPSA) is 80.7 Å². The number of pyridine rings is 1. The highest BCUT2D eigenvalue weighted by Crippen LogP contribution is 2.15. The maximum Gasteiger partial charge on any atom is 0.341 e. The predicted octanol–water partition coefficient (Wildman–Crippen LogP) is 1.07. The minimum atomic E-state index is -0.944. The van der Waals surface area contributed by atoms with E-state index in [9.17, 15) is 9.90 Å². The molecule has 1 unspecified atom stereocenters. The largest absolute Gasteiger partial charge is 0.465 e. The van der Waals surface area contributed by atoms with Crippen molar-refractivity contribution in [3.8, 4) is 0 Å². The van der Waals surface area contributed by atoms with Gasteiger partial charge in [-0.3, -0.25) is 0 Å². The number of methoxy groups -OCH3 is 2. The second-order valence-electron chi connectivity index (χ2n) is 4.48. The molecule has 0 saturated carbocycles. The lowest BCUT2D eigenvalue weighted by Crippen LogP contribution is -2.35. The first kappa shape index (κ1) is 15.4. The van der Waals surface area contributed by atoms with E-state index in [1.54, 1.807) is 32.4 Å². The van der Waals surface area contributed by atoms with Crippen molar-refractivity contribution in [3.63, 3.8) is 0 Å². The third-order valence-electron chi connectivity index (χ3n) is 2.69. The first-order chi connectivity index (χ1) is 9.00. The number of ether oxygens (including phenoxy) is 2. The average Bonchev–Trinajstić information content (AvgIpc) is 2.42. The Morgan fingerprint density at radius 2 is 2.26 bits per heavy atom. The fourth-order valence-electron chi connectivity index (χ4n) is 1.51. The third-order valence-corrected chi connectivity index (χ3v) is 2.69. The molecule has 1 rings (SSSR count). The van der Waals surface area contributed by atoms with Crippen molar-refractivity contribution in [2.24, 2.45) is 0 Å². The molecule has 1 aromatic heterocycles. The Kier molecular flexibility index (Phi) is 5.72. The van der Waals surface area contributed by atoms with Crippen molar-refractivity contribution in [2.45, 2.75) is 18.9 Å². The van der Waals surface area contributed by atoms with Crippen molar-refractivity contribution in [1.82, 2.24) is 4.98 Å². The van der Waals surface area contributed by atoms with Crippen LogP contribution in [0.25, 0.3) is 0 Å². The Hall–Kier alpha value is -1.66. The second-order valence-corrected chi connectivity index (χ2v) is 4.48. The predicted molar refractivity (Wildman–Crippen MR) is 71.2 cm³/mol. The molecule has 0 spiro atoms. The Morgan fingerprint density at radius 1 is 1.53 bits per heavy atom. The summed E-state index contributed by atoms with van der Waals surface area (Å²) in [4.78, 5) is 15.6. The van der Waals surface area contributed by atoms with Crippen LogP contribution in [-0.4, -0.2) is 49.0 Å². The van der Waals surface area contributed by atoms with E-state index in [1.807, 2.05) is 0 Å². The van der Waals surface area contributed by atoms with Gasteiger partial charge in [0.25, 0.3) is 0 Å². The van der Waals surface area contributed by atoms with Crippen LogP contribution in [0.2, 0.25) is 0 Å². The van der Waals surface area contributed by atoms with Crippen LogP contribution in [0.4, 0.5) is 5.82 Å². The van der Waals surface area contributed by atoms with Gasteiger partial charge in [-0.05, 0) is 19.1 Å². The van der Waals surface area contributed by atoms with Crippen LogP contribution in [0.5, 0.6) is 0 Å². The minimum absolute atomic E-state index is 0.261. The average molecular weight is 268 g/mol. The molecule has 0 aliphatic carbocycles. The van der Waals surface area contributed by atoms with Gasteiger partial charge in [-0.1, -0.05) is 0 Å². The number of aliphatic hydroxyl groups is 1. The highest BCUT2D eigenvalue weighted by molar-refractivity contribution is 5.94. The lowest BCUT2D eigenvalue weighted by molar-refractivity contribution is 0.0355. The van der Waals surface area contributed by atoms with Gasteiger partial charge in [0.2, 0.25) is 0 Å². The van der Waals surface area contributed by atoms with Crippen molar-refractivity contribution >= 4 is 11.8 Å². The number of hydrogen-bond donors (Lipinski definition) is 2. The Labute approximate surface area is 112 Å². The standard InChI is InChI=1S/C13H20N2O4/c1-13(17,6-8-18-2)9-15-11-10(12(16)19-3)5-4-7-14-11/h4-5,7,17H,6,8-9H2,1-3H3,(H,14,15). The molecule has 2 N–H and O–H groups in total. The summed E-state index contributed by atoms with van der Waals surface area (Å²) >= 11 is 0. The maximum absolute atomic E-state index is 11.5. The van der Waals surface area contributed by atoms with Crippen LogP contribution in [-0.2, 0) is 9.47 Å². The molecule has 0 saturated heterocycles. The van der Waals surface area contributed by atoms with Gasteiger partial charge in [0.1, 0.15) is 11.4 Å². The molecular formula is C13H20N2O4. The highest BCUT2D eigenvalue weighted by atomic mass is 16.5. The Bertz CT molecular complexity index is 421. The van der Waals surface area contributed by atoms with Crippen LogP contribution >= 0.6 is 0 Å². The molecule has 0 amide bonds. The van der Waals surface area contributed by atoms with Crippen molar-refractivity contribution < 1.29 is 19.4 Å². The van der Waals surface area contributed by atoms with Gasteiger partial charge in [-0.2, -0.15) is 0 Å². The first-order valence-corrected chi connectivity index (χ1v) is 5.98. The maximum atomic E-state index is 11.5. The van der Waals surface area contributed by atoms with Gasteiger partial charge < -0.3 is 19.9 Å². The molecule has 0 fully saturated rings. The van der Waals surface area contributed by atoms with Crippen molar-refractivity contribution in [2.75, 3.05) is 32.7 Å². The summed E-state index contributed by atoms with van der Waals surface area (Å²) in [5.41, 5.74) is -0.603. The number of esters is 1. The van der Waals surface area contributed by atoms with Crippen molar-refractivity contribution in [3.05, 3.63) is 23.9 Å². The first-order valence-electron chi connectivity index (χ1n) is 5.98. The lowest BCUT2D eigenvalue weighted by atomic mass is 10.0. The molecule has 6 nitrogen and oxygen atoms in total. The van der Waals surface area contributed by atoms with Crippen LogP contribution in [0.3, 0.4) is 0 Å². The molecular weight excluding hydrogens is 248 g/mol. The molecule has 0 aliphatic heterocycles. The number of nitrogens with one attached hydrogen (secondary N) is 1. The van der Waals surface area contributed by atoms with E-state index in [4.69, 9.17) is 4.74 Å². The van der Waals surface area contributed by atoms with E-state index in [-0.39, 0.29) is 6.54 Å². The number of aromatic nitrogens is 1. The van der Waals surface area contributed by atoms with Gasteiger partial charge in [0, 0.05) is 32.9 Å². The van der Waals surface area contributed by atoms with E-state index in [0.29, 0.717) is 24.4 Å². The zero-order chi connectivity index (χ0) is 14.3. The van der Waals surface area contributed by atoms with Gasteiger partial charge in [0.05, 0.1) is 12.7 Å². The second kappa shape index (κ2) is 7.06. The van der Waals surface area contributed by atoms with Crippen LogP contribution in [0, 0.1) is 0 Å². The van der Waals surface area contributed by atoms with Crippen molar-refractivity contribution in [1.29, 1.82) is 0 Å². The molecule has 1 atom stereocenters. The monoisotopic (exact) mass is 268 g/mol. The Balaban J connectivity index is 2.69. The lowest BCUT2D eigenvalue weighted by Gasteiger charge is -2.24. The molecule has 0 aromatic carbocycles. The van der Waals surface area contributed by atoms with Crippen LogP contribution in [0.1, 0.15) is 23.7 Å². The number of nitrogens with zero attached hydrogens (tertiary/aromatic N) is 1. The molecule has 1 heterocycles. The molecule has 0 aliphatic rings. The summed E-state index contributed by atoms with van der Waals surface area (Å²) in [6, 6.07) is 3.27. The van der Waals surface area contributed by atoms with Crippen LogP contribution < -0.4 is 5.32 Å². The fraction of sp³-hybridized carbons (Fsp3) is 0.538. The quantitative estimate of drug-likeness (QED) is 0.720. The molecule has 19 heavy (non-hydrogen) atoms. The highest BCUT2D eigenvalue weighted by Gasteiger charge is 2.21. The molecule has 0 radical (unpaired) electrons. The fourth-order valence-corrected chi connectivity index (χ4v) is 1.51. The van der Waals surface area contributed by atoms with Gasteiger partial charge in [0.15, 0.2) is 0 Å². The molecule has 1 aromatic rings. The molecule has 6 heteroatoms. The minimum Gasteiger partial charge on any atom is -0.465 e. The third kappa shape index (κ3) is 4.84. The summed E-state index contributed by atoms with van der Waals surface area (Å²) in [6.45, 7) is 2.41. The van der Waals surface area contributed by atoms with E-state index in [2.05, 4.69) is 15.0 Å². The summed E-state index contributed by atoms with van der Waals surface area (Å²) in [5.74, 6) is -0.0702. The summed E-state index contributed by atoms with van der Waals surface area (Å²) in [5, 5.41) is 13.1. The number of anilines is 1. The van der Waals surface area contributed by atoms with E-state index in [1.165, 1.54) is 7.11 Å². The normalized spacial score (nSPS) is 13.7. The van der Waals surface area contributed by atoms with E-state index >= 15 is 0 Å². The number of carbonyl (C=O) groups excluding carboxylic acids is 1. The SMILES string of the molecule is COCCC(C)(O)CNc1ncccc1C(=O)OC. The number of hydrogen-bond acceptors (Lipinski definition) is 6. The summed E-state index contributed by atoms with van der Waals surface area (Å²) in [6.07, 6.45) is 2.05. The van der Waals surface area contributed by atoms with Gasteiger partial charge >= 0.3 is 5.97 Å². The summed E-state index contributed by atoms with van der Waals surface area (Å²) in [7, 11) is 2.89. The number of carbonyl (C=O) groups is 1. The van der Waals surface area contributed by atoms with E-state index in [0.717, 1.165) is 0 Å². The van der Waals surface area contributed by atoms with E-state index < -0.39 is 11.6 Å². The molecule has 106 valence electrons. The van der Waals surface area contributed by atoms with Crippen LogP contribution in [0.15, 0.2) is 18.3 Å². The zero-order valence-electron chi connectivity index (χ0n) is 11.5. The smallest absolute Gasteiger partial charge is 0.341 e. The van der Waals surface area contributed by atoms with Gasteiger partial charge in [-0.25, -0.2) is 9.78 Å². The summed E-state index contributed by atoms with van der Waals surface area (Å²) < 4.78 is 9.60. The molecule has 0 bridgehead atoms. The van der Waals surface area contributed by atoms with Gasteiger partial charge in [-0.15, -0.1) is 0 Å². The Morgan fingerprint density at radius 3 is 2.89 bits per heavy atom. The number of rotatable bonds is 7.